The number of rotatable bonds is 4. The van der Waals surface area contributed by atoms with E-state index in [0.717, 1.165) is 20.7 Å². The highest BCUT2D eigenvalue weighted by Gasteiger charge is 2.19. The predicted octanol–water partition coefficient (Wildman–Crippen LogP) is 2.92. The van der Waals surface area contributed by atoms with Crippen molar-refractivity contribution in [1.29, 1.82) is 0 Å². The monoisotopic (exact) mass is 356 g/mol. The van der Waals surface area contributed by atoms with E-state index in [1.54, 1.807) is 13.2 Å². The van der Waals surface area contributed by atoms with Crippen molar-refractivity contribution in [1.82, 2.24) is 8.61 Å². The molecule has 0 saturated carbocycles. The summed E-state index contributed by atoms with van der Waals surface area (Å²) in [6.45, 7) is 3.15. The third kappa shape index (κ3) is 8.70. The van der Waals surface area contributed by atoms with Crippen LogP contribution in [0.1, 0.15) is 13.8 Å². The van der Waals surface area contributed by atoms with Gasteiger partial charge in [0.15, 0.2) is 0 Å². The molecule has 0 aromatic rings. The smallest absolute Gasteiger partial charge is 0.324 e. The molecule has 0 aliphatic carbocycles. The van der Waals surface area contributed by atoms with Gasteiger partial charge < -0.3 is 4.55 Å². The van der Waals surface area contributed by atoms with Crippen LogP contribution in [0.5, 0.6) is 0 Å². The van der Waals surface area contributed by atoms with Gasteiger partial charge in [-0.3, -0.25) is 9.68 Å². The van der Waals surface area contributed by atoms with Crippen molar-refractivity contribution >= 4 is 58.2 Å². The van der Waals surface area contributed by atoms with Crippen molar-refractivity contribution in [2.24, 2.45) is 10.3 Å². The minimum absolute atomic E-state index is 0.163. The van der Waals surface area contributed by atoms with E-state index in [2.05, 4.69) is 20.0 Å². The van der Waals surface area contributed by atoms with Crippen LogP contribution in [0.25, 0.3) is 0 Å². The number of amides is 2. The van der Waals surface area contributed by atoms with Crippen molar-refractivity contribution in [3.63, 3.8) is 0 Å². The molecular weight excluding hydrogens is 340 g/mol. The number of carbonyl (C=O) groups is 2. The molecule has 0 unspecified atom stereocenters. The van der Waals surface area contributed by atoms with Crippen molar-refractivity contribution in [2.75, 3.05) is 20.4 Å². The number of hydrogen-bond acceptors (Lipinski definition) is 10. The van der Waals surface area contributed by atoms with Crippen LogP contribution in [0.15, 0.2) is 10.3 Å². The van der Waals surface area contributed by atoms with Crippen molar-refractivity contribution in [3.8, 4) is 0 Å². The SMILES string of the molecule is CS/C(C)=N/OC(=O)N(C)SN(C)C(=O)O/N=C(\C)SO. The Kier molecular flexibility index (Phi) is 10.0. The van der Waals surface area contributed by atoms with Gasteiger partial charge in [0, 0.05) is 26.1 Å². The molecule has 0 atom stereocenters. The number of hydrogen-bond donors (Lipinski definition) is 1. The van der Waals surface area contributed by atoms with Crippen LogP contribution >= 0.6 is 35.9 Å². The Labute approximate surface area is 135 Å². The summed E-state index contributed by atoms with van der Waals surface area (Å²) < 4.78 is 10.7. The Morgan fingerprint density at radius 1 is 1.00 bits per heavy atom. The quantitative estimate of drug-likeness (QED) is 0.205. The van der Waals surface area contributed by atoms with Crippen LogP contribution in [0.4, 0.5) is 9.59 Å². The maximum atomic E-state index is 11.6. The average molecular weight is 356 g/mol. The standard InChI is InChI=1S/C9H16N4O5S3/c1-6(19-5)10-17-8(14)12(3)21-13(4)9(15)18-11-7(2)20-16/h16H,1-5H3/b10-6+,11-7+. The second-order valence-corrected chi connectivity index (χ2v) is 6.34. The van der Waals surface area contributed by atoms with Gasteiger partial charge in [-0.15, -0.1) is 11.8 Å². The summed E-state index contributed by atoms with van der Waals surface area (Å²) in [6.07, 6.45) is 0.220. The van der Waals surface area contributed by atoms with Crippen LogP contribution in [-0.2, 0) is 9.68 Å². The van der Waals surface area contributed by atoms with Crippen molar-refractivity contribution < 1.29 is 23.8 Å². The highest BCUT2D eigenvalue weighted by molar-refractivity contribution is 8.13. The van der Waals surface area contributed by atoms with E-state index in [9.17, 15) is 9.59 Å². The van der Waals surface area contributed by atoms with Gasteiger partial charge >= 0.3 is 12.2 Å². The predicted molar refractivity (Wildman–Crippen MR) is 86.0 cm³/mol. The number of thioether (sulfide) groups is 1. The molecule has 0 bridgehead atoms. The molecule has 0 fully saturated rings. The Balaban J connectivity index is 4.33. The molecule has 0 aliphatic heterocycles. The minimum Gasteiger partial charge on any atom is -0.324 e. The molecule has 120 valence electrons. The Hall–Kier alpha value is -1.11. The molecule has 0 aromatic carbocycles. The van der Waals surface area contributed by atoms with Gasteiger partial charge in [0.05, 0.1) is 12.1 Å². The molecule has 0 saturated heterocycles. The van der Waals surface area contributed by atoms with E-state index >= 15 is 0 Å². The second kappa shape index (κ2) is 10.6. The molecule has 0 spiro atoms. The third-order valence-electron chi connectivity index (χ3n) is 1.69. The summed E-state index contributed by atoms with van der Waals surface area (Å²) in [5, 5.41) is 7.67. The Bertz CT molecular complexity index is 394. The Morgan fingerprint density at radius 2 is 1.43 bits per heavy atom. The molecule has 12 heteroatoms. The van der Waals surface area contributed by atoms with Gasteiger partial charge in [-0.2, -0.15) is 0 Å². The highest BCUT2D eigenvalue weighted by Crippen LogP contribution is 2.15. The molecule has 0 rings (SSSR count). The van der Waals surface area contributed by atoms with Crippen LogP contribution in [0, 0.1) is 0 Å². The van der Waals surface area contributed by atoms with Gasteiger partial charge in [-0.1, -0.05) is 10.3 Å². The normalized spacial score (nSPS) is 11.9. The lowest BCUT2D eigenvalue weighted by molar-refractivity contribution is 0.131. The first-order chi connectivity index (χ1) is 9.81. The van der Waals surface area contributed by atoms with Crippen LogP contribution in [0.3, 0.4) is 0 Å². The summed E-state index contributed by atoms with van der Waals surface area (Å²) in [5.41, 5.74) is 0. The fraction of sp³-hybridized carbons (Fsp3) is 0.556. The summed E-state index contributed by atoms with van der Waals surface area (Å²) in [7, 11) is 2.78. The van der Waals surface area contributed by atoms with E-state index in [4.69, 9.17) is 4.55 Å². The molecular formula is C9H16N4O5S3. The summed E-state index contributed by atoms with van der Waals surface area (Å²) >= 11 is 2.43. The first-order valence-electron chi connectivity index (χ1n) is 5.33. The van der Waals surface area contributed by atoms with Crippen molar-refractivity contribution in [2.45, 2.75) is 13.8 Å². The highest BCUT2D eigenvalue weighted by atomic mass is 32.2. The lowest BCUT2D eigenvalue weighted by atomic mass is 10.9. The zero-order valence-corrected chi connectivity index (χ0v) is 14.5. The van der Waals surface area contributed by atoms with E-state index < -0.39 is 12.2 Å². The van der Waals surface area contributed by atoms with Gasteiger partial charge in [0.1, 0.15) is 10.1 Å². The fourth-order valence-electron chi connectivity index (χ4n) is 0.626. The molecule has 21 heavy (non-hydrogen) atoms. The van der Waals surface area contributed by atoms with Gasteiger partial charge in [0.2, 0.25) is 0 Å². The molecule has 2 amide bonds. The molecule has 0 radical (unpaired) electrons. The van der Waals surface area contributed by atoms with Gasteiger partial charge in [-0.05, 0) is 20.1 Å². The van der Waals surface area contributed by atoms with E-state index in [1.807, 2.05) is 0 Å². The van der Waals surface area contributed by atoms with E-state index in [0.29, 0.717) is 17.1 Å². The molecule has 0 aromatic heterocycles. The zero-order valence-electron chi connectivity index (χ0n) is 12.1. The van der Waals surface area contributed by atoms with Crippen molar-refractivity contribution in [3.05, 3.63) is 0 Å². The topological polar surface area (TPSA) is 104 Å². The lowest BCUT2D eigenvalue weighted by Crippen LogP contribution is -2.28. The number of nitrogens with zero attached hydrogens (tertiary/aromatic N) is 4. The van der Waals surface area contributed by atoms with Crippen LogP contribution in [0.2, 0.25) is 0 Å². The first kappa shape index (κ1) is 19.9. The van der Waals surface area contributed by atoms with Crippen LogP contribution < -0.4 is 0 Å². The van der Waals surface area contributed by atoms with Gasteiger partial charge in [0.25, 0.3) is 0 Å². The molecule has 0 heterocycles. The Morgan fingerprint density at radius 3 is 1.81 bits per heavy atom. The van der Waals surface area contributed by atoms with E-state index in [1.165, 1.54) is 32.8 Å². The second-order valence-electron chi connectivity index (χ2n) is 3.31. The fourth-order valence-corrected chi connectivity index (χ4v) is 1.38. The van der Waals surface area contributed by atoms with Gasteiger partial charge in [-0.25, -0.2) is 18.2 Å². The zero-order chi connectivity index (χ0) is 16.4. The number of carbonyl (C=O) groups excluding carboxylic acids is 2. The lowest BCUT2D eigenvalue weighted by Gasteiger charge is -2.19. The van der Waals surface area contributed by atoms with E-state index in [-0.39, 0.29) is 5.04 Å². The molecule has 1 N–H and O–H groups in total. The average Bonchev–Trinajstić information content (AvgIpc) is 2.48. The minimum atomic E-state index is -0.822. The maximum Gasteiger partial charge on any atom is 0.447 e. The first-order valence-corrected chi connectivity index (χ1v) is 8.06. The molecule has 0 aliphatic rings. The largest absolute Gasteiger partial charge is 0.447 e. The maximum absolute atomic E-state index is 11.6. The third-order valence-corrected chi connectivity index (χ3v) is 3.48. The summed E-state index contributed by atoms with van der Waals surface area (Å²) in [6, 6.07) is 0. The van der Waals surface area contributed by atoms with Crippen LogP contribution in [-0.4, -0.2) is 55.8 Å². The molecule has 9 nitrogen and oxygen atoms in total. The summed E-state index contributed by atoms with van der Waals surface area (Å²) in [5.74, 6) is 0. The summed E-state index contributed by atoms with van der Waals surface area (Å²) in [4.78, 5) is 32.2. The number of oxime groups is 2.